The quantitative estimate of drug-likeness (QED) is 0.430. The predicted molar refractivity (Wildman–Crippen MR) is 115 cm³/mol. The van der Waals surface area contributed by atoms with Crippen LogP contribution in [0.2, 0.25) is 0 Å². The second-order valence-electron chi connectivity index (χ2n) is 8.70. The van der Waals surface area contributed by atoms with Crippen LogP contribution in [-0.4, -0.2) is 45.8 Å². The van der Waals surface area contributed by atoms with Crippen molar-refractivity contribution < 1.29 is 40.7 Å². The summed E-state index contributed by atoms with van der Waals surface area (Å²) in [5.74, 6) is -6.44. The molecule has 8 nitrogen and oxygen atoms in total. The van der Waals surface area contributed by atoms with Gasteiger partial charge >= 0.3 is 0 Å². The van der Waals surface area contributed by atoms with Gasteiger partial charge in [-0.05, 0) is 43.1 Å². The van der Waals surface area contributed by atoms with E-state index in [9.17, 15) is 26.7 Å². The first-order valence-electron chi connectivity index (χ1n) is 10.8. The summed E-state index contributed by atoms with van der Waals surface area (Å²) in [6.07, 6.45) is 0.609. The summed E-state index contributed by atoms with van der Waals surface area (Å²) in [5, 5.41) is 5.90. The predicted octanol–water partition coefficient (Wildman–Crippen LogP) is 5.28. The number of halogens is 5. The van der Waals surface area contributed by atoms with E-state index >= 15 is 0 Å². The van der Waals surface area contributed by atoms with Crippen LogP contribution in [-0.2, 0) is 4.74 Å². The van der Waals surface area contributed by atoms with Crippen LogP contribution in [0, 0.1) is 11.6 Å². The molecule has 1 amide bonds. The number of benzene rings is 1. The lowest BCUT2D eigenvalue weighted by Crippen LogP contribution is -2.33. The summed E-state index contributed by atoms with van der Waals surface area (Å²) in [5.41, 5.74) is -2.01. The van der Waals surface area contributed by atoms with Crippen LogP contribution in [0.1, 0.15) is 49.0 Å². The number of amides is 1. The van der Waals surface area contributed by atoms with Gasteiger partial charge in [-0.1, -0.05) is 0 Å². The van der Waals surface area contributed by atoms with Gasteiger partial charge in [-0.15, -0.1) is 0 Å². The Morgan fingerprint density at radius 3 is 2.75 bits per heavy atom. The van der Waals surface area contributed by atoms with E-state index < -0.39 is 47.6 Å². The number of nitrogens with one attached hydrogen (secondary N) is 1. The number of aromatic nitrogens is 3. The van der Waals surface area contributed by atoms with Crippen molar-refractivity contribution in [3.05, 3.63) is 53.7 Å². The Labute approximate surface area is 201 Å². The molecule has 1 aliphatic heterocycles. The number of carbonyl (C=O) groups excluding carboxylic acids is 1. The summed E-state index contributed by atoms with van der Waals surface area (Å²) in [7, 11) is 0. The van der Waals surface area contributed by atoms with Crippen molar-refractivity contribution in [2.24, 2.45) is 0 Å². The maximum absolute atomic E-state index is 14.6. The molecule has 1 aliphatic rings. The molecule has 1 fully saturated rings. The van der Waals surface area contributed by atoms with Crippen molar-refractivity contribution in [1.29, 1.82) is 0 Å². The first-order valence-corrected chi connectivity index (χ1v) is 10.8. The molecule has 13 heteroatoms. The standard InChI is InChI=1S/C23H21F5N4O4/c1-22(26)6-5-15(34-9-22)19-20(18(29-11-30-19)13-7-12(24)3-4-14(13)25)31-21(33)16-8-17(32-36-16)35-10-23(2,27)28/h3-4,7-8,11,15H,5-6,9-10H2,1-2H3,(H,31,33). The van der Waals surface area contributed by atoms with Gasteiger partial charge in [-0.3, -0.25) is 4.79 Å². The third-order valence-corrected chi connectivity index (χ3v) is 5.30. The Balaban J connectivity index is 1.69. The molecule has 3 aromatic rings. The zero-order valence-corrected chi connectivity index (χ0v) is 19.2. The van der Waals surface area contributed by atoms with E-state index in [0.29, 0.717) is 6.92 Å². The highest BCUT2D eigenvalue weighted by Crippen LogP contribution is 2.40. The normalized spacial score (nSPS) is 20.2. The molecule has 0 radical (unpaired) electrons. The number of ether oxygens (including phenoxy) is 2. The molecule has 192 valence electrons. The number of hydrogen-bond acceptors (Lipinski definition) is 7. The third-order valence-electron chi connectivity index (χ3n) is 5.30. The fourth-order valence-electron chi connectivity index (χ4n) is 3.54. The summed E-state index contributed by atoms with van der Waals surface area (Å²) >= 11 is 0. The highest BCUT2D eigenvalue weighted by molar-refractivity contribution is 6.04. The second-order valence-corrected chi connectivity index (χ2v) is 8.70. The number of anilines is 1. The maximum atomic E-state index is 14.6. The fraction of sp³-hybridized carbons (Fsp3) is 0.391. The lowest BCUT2D eigenvalue weighted by Gasteiger charge is -2.32. The van der Waals surface area contributed by atoms with E-state index in [1.54, 1.807) is 0 Å². The molecule has 0 spiro atoms. The minimum absolute atomic E-state index is 0.106. The second kappa shape index (κ2) is 9.80. The van der Waals surface area contributed by atoms with E-state index in [1.165, 1.54) is 6.92 Å². The third kappa shape index (κ3) is 5.96. The average Bonchev–Trinajstić information content (AvgIpc) is 3.29. The van der Waals surface area contributed by atoms with Gasteiger partial charge in [-0.2, -0.15) is 0 Å². The molecule has 2 atom stereocenters. The first kappa shape index (κ1) is 25.5. The SMILES string of the molecule is CC(F)(F)COc1cc(C(=O)Nc2c(-c3cc(F)ccc3F)ncnc2C2CCC(C)(F)CO2)on1. The van der Waals surface area contributed by atoms with E-state index in [4.69, 9.17) is 14.0 Å². The highest BCUT2D eigenvalue weighted by Gasteiger charge is 2.35. The number of rotatable bonds is 7. The molecule has 0 bridgehead atoms. The zero-order valence-electron chi connectivity index (χ0n) is 19.2. The van der Waals surface area contributed by atoms with Crippen LogP contribution < -0.4 is 10.1 Å². The Morgan fingerprint density at radius 2 is 2.06 bits per heavy atom. The number of alkyl halides is 3. The molecule has 0 aliphatic carbocycles. The molecule has 0 saturated carbocycles. The molecule has 2 aromatic heterocycles. The topological polar surface area (TPSA) is 99.4 Å². The van der Waals surface area contributed by atoms with Crippen molar-refractivity contribution in [3.63, 3.8) is 0 Å². The maximum Gasteiger partial charge on any atom is 0.294 e. The van der Waals surface area contributed by atoms with Crippen LogP contribution in [0.15, 0.2) is 35.1 Å². The molecular formula is C23H21F5N4O4. The highest BCUT2D eigenvalue weighted by atomic mass is 19.3. The van der Waals surface area contributed by atoms with Gasteiger partial charge < -0.3 is 19.3 Å². The van der Waals surface area contributed by atoms with Crippen molar-refractivity contribution in [1.82, 2.24) is 15.1 Å². The minimum Gasteiger partial charge on any atom is -0.469 e. The molecule has 1 saturated heterocycles. The first-order chi connectivity index (χ1) is 16.9. The van der Waals surface area contributed by atoms with E-state index in [1.807, 2.05) is 0 Å². The van der Waals surface area contributed by atoms with Gasteiger partial charge in [0.25, 0.3) is 17.7 Å². The summed E-state index contributed by atoms with van der Waals surface area (Å²) < 4.78 is 84.2. The lowest BCUT2D eigenvalue weighted by atomic mass is 9.94. The Bertz CT molecular complexity index is 1250. The van der Waals surface area contributed by atoms with Crippen LogP contribution >= 0.6 is 0 Å². The Hall–Kier alpha value is -3.61. The average molecular weight is 512 g/mol. The van der Waals surface area contributed by atoms with Crippen LogP contribution in [0.25, 0.3) is 11.3 Å². The van der Waals surface area contributed by atoms with Crippen molar-refractivity contribution in [2.75, 3.05) is 18.5 Å². The van der Waals surface area contributed by atoms with Gasteiger partial charge in [0.15, 0.2) is 6.61 Å². The largest absolute Gasteiger partial charge is 0.469 e. The van der Waals surface area contributed by atoms with E-state index in [2.05, 4.69) is 20.4 Å². The van der Waals surface area contributed by atoms with Crippen LogP contribution in [0.3, 0.4) is 0 Å². The van der Waals surface area contributed by atoms with Crippen molar-refractivity contribution in [3.8, 4) is 17.1 Å². The molecule has 1 aromatic carbocycles. The molecule has 3 heterocycles. The zero-order chi connectivity index (χ0) is 26.1. The smallest absolute Gasteiger partial charge is 0.294 e. The van der Waals surface area contributed by atoms with Gasteiger partial charge in [-0.25, -0.2) is 31.9 Å². The molecular weight excluding hydrogens is 491 g/mol. The summed E-state index contributed by atoms with van der Waals surface area (Å²) in [6.45, 7) is 0.789. The molecule has 36 heavy (non-hydrogen) atoms. The van der Waals surface area contributed by atoms with E-state index in [0.717, 1.165) is 30.6 Å². The van der Waals surface area contributed by atoms with Crippen molar-refractivity contribution >= 4 is 11.6 Å². The van der Waals surface area contributed by atoms with Crippen molar-refractivity contribution in [2.45, 2.75) is 44.4 Å². The number of hydrogen-bond donors (Lipinski definition) is 1. The summed E-state index contributed by atoms with van der Waals surface area (Å²) in [6, 6.07) is 3.69. The molecule has 1 N–H and O–H groups in total. The Morgan fingerprint density at radius 1 is 1.28 bits per heavy atom. The monoisotopic (exact) mass is 512 g/mol. The van der Waals surface area contributed by atoms with Gasteiger partial charge in [0.1, 0.15) is 35.4 Å². The minimum atomic E-state index is -3.14. The fourth-order valence-corrected chi connectivity index (χ4v) is 3.54. The molecule has 4 rings (SSSR count). The number of nitrogens with zero attached hydrogens (tertiary/aromatic N) is 3. The lowest BCUT2D eigenvalue weighted by molar-refractivity contribution is -0.0726. The van der Waals surface area contributed by atoms with Gasteiger partial charge in [0.2, 0.25) is 5.76 Å². The Kier molecular flexibility index (Phi) is 6.94. The number of carbonyl (C=O) groups is 1. The van der Waals surface area contributed by atoms with Gasteiger partial charge in [0.05, 0.1) is 24.1 Å². The molecule has 2 unspecified atom stereocenters. The van der Waals surface area contributed by atoms with Crippen LogP contribution in [0.5, 0.6) is 5.88 Å². The van der Waals surface area contributed by atoms with Gasteiger partial charge in [0, 0.05) is 12.5 Å². The van der Waals surface area contributed by atoms with E-state index in [-0.39, 0.29) is 48.0 Å². The van der Waals surface area contributed by atoms with Crippen LogP contribution in [0.4, 0.5) is 27.6 Å². The summed E-state index contributed by atoms with van der Waals surface area (Å²) in [4.78, 5) is 21.1.